The molecule has 1 amide bonds. The van der Waals surface area contributed by atoms with Gasteiger partial charge in [-0.3, -0.25) is 4.79 Å². The summed E-state index contributed by atoms with van der Waals surface area (Å²) in [4.78, 5) is 11.7. The highest BCUT2D eigenvalue weighted by molar-refractivity contribution is 7.98. The molecule has 1 aromatic rings. The van der Waals surface area contributed by atoms with Gasteiger partial charge in [-0.25, -0.2) is 0 Å². The first kappa shape index (κ1) is 18.6. The number of amides is 1. The summed E-state index contributed by atoms with van der Waals surface area (Å²) in [5.74, 6) is 0.612. The van der Waals surface area contributed by atoms with Crippen LogP contribution < -0.4 is 15.8 Å². The maximum Gasteiger partial charge on any atom is 0.422 e. The average molecular weight is 336 g/mol. The Labute approximate surface area is 131 Å². The molecule has 124 valence electrons. The zero-order chi connectivity index (χ0) is 16.6. The smallest absolute Gasteiger partial charge is 0.422 e. The summed E-state index contributed by atoms with van der Waals surface area (Å²) in [5, 5.41) is 2.66. The molecule has 22 heavy (non-hydrogen) atoms. The normalized spacial score (nSPS) is 12.8. The van der Waals surface area contributed by atoms with Gasteiger partial charge in [0.15, 0.2) is 6.61 Å². The third-order valence-corrected chi connectivity index (χ3v) is 3.38. The zero-order valence-corrected chi connectivity index (χ0v) is 13.0. The van der Waals surface area contributed by atoms with Gasteiger partial charge in [0.1, 0.15) is 5.75 Å². The molecule has 0 spiro atoms. The van der Waals surface area contributed by atoms with Gasteiger partial charge in [0.25, 0.3) is 0 Å². The van der Waals surface area contributed by atoms with Crippen LogP contribution in [-0.2, 0) is 11.3 Å². The maximum absolute atomic E-state index is 12.1. The number of benzene rings is 1. The third-order valence-electron chi connectivity index (χ3n) is 2.74. The number of halogens is 3. The van der Waals surface area contributed by atoms with Crippen molar-refractivity contribution in [1.29, 1.82) is 0 Å². The molecule has 0 aromatic heterocycles. The minimum atomic E-state index is -4.38. The first-order chi connectivity index (χ1) is 10.3. The highest BCUT2D eigenvalue weighted by Gasteiger charge is 2.28. The summed E-state index contributed by atoms with van der Waals surface area (Å²) in [6.07, 6.45) is -1.88. The fraction of sp³-hybridized carbons (Fsp3) is 0.500. The summed E-state index contributed by atoms with van der Waals surface area (Å²) in [5.41, 5.74) is 6.36. The van der Waals surface area contributed by atoms with Crippen molar-refractivity contribution < 1.29 is 22.7 Å². The number of hydrogen-bond donors (Lipinski definition) is 2. The molecule has 0 aliphatic heterocycles. The van der Waals surface area contributed by atoms with E-state index in [1.54, 1.807) is 23.9 Å². The Kier molecular flexibility index (Phi) is 7.53. The van der Waals surface area contributed by atoms with Crippen molar-refractivity contribution in [3.05, 3.63) is 29.8 Å². The molecule has 0 heterocycles. The molecular formula is C14H19F3N2O2S. The van der Waals surface area contributed by atoms with E-state index in [-0.39, 0.29) is 18.2 Å². The summed E-state index contributed by atoms with van der Waals surface area (Å²) in [6.45, 7) is -1.16. The molecule has 0 saturated carbocycles. The molecule has 1 unspecified atom stereocenters. The molecule has 1 rings (SSSR count). The van der Waals surface area contributed by atoms with Crippen LogP contribution in [0.1, 0.15) is 12.0 Å². The highest BCUT2D eigenvalue weighted by Crippen LogP contribution is 2.19. The number of carbonyl (C=O) groups excluding carboxylic acids is 1. The number of nitrogens with one attached hydrogen (secondary N) is 1. The molecular weight excluding hydrogens is 317 g/mol. The quantitative estimate of drug-likeness (QED) is 0.765. The van der Waals surface area contributed by atoms with Crippen molar-refractivity contribution in [2.24, 2.45) is 5.73 Å². The molecule has 3 N–H and O–H groups in total. The predicted octanol–water partition coefficient (Wildman–Crippen LogP) is 2.32. The minimum Gasteiger partial charge on any atom is -0.484 e. The summed E-state index contributed by atoms with van der Waals surface area (Å²) in [6, 6.07) is 5.56. The van der Waals surface area contributed by atoms with Crippen LogP contribution in [0.4, 0.5) is 13.2 Å². The van der Waals surface area contributed by atoms with E-state index in [1.165, 1.54) is 12.1 Å². The van der Waals surface area contributed by atoms with Crippen molar-refractivity contribution in [2.45, 2.75) is 25.2 Å². The molecule has 0 radical (unpaired) electrons. The zero-order valence-electron chi connectivity index (χ0n) is 12.2. The first-order valence-corrected chi connectivity index (χ1v) is 8.02. The fourth-order valence-corrected chi connectivity index (χ4v) is 2.10. The van der Waals surface area contributed by atoms with E-state index in [0.29, 0.717) is 12.0 Å². The van der Waals surface area contributed by atoms with E-state index in [9.17, 15) is 18.0 Å². The number of thioether (sulfide) groups is 1. The highest BCUT2D eigenvalue weighted by atomic mass is 32.2. The first-order valence-electron chi connectivity index (χ1n) is 6.62. The largest absolute Gasteiger partial charge is 0.484 e. The van der Waals surface area contributed by atoms with Crippen molar-refractivity contribution in [1.82, 2.24) is 5.32 Å². The molecule has 0 bridgehead atoms. The van der Waals surface area contributed by atoms with Gasteiger partial charge in [0.05, 0.1) is 6.04 Å². The SMILES string of the molecule is CSCCC(N)C(=O)NCc1cccc(OCC(F)(F)F)c1. The molecule has 0 aliphatic rings. The average Bonchev–Trinajstić information content (AvgIpc) is 2.48. The van der Waals surface area contributed by atoms with Crippen LogP contribution in [0, 0.1) is 0 Å². The van der Waals surface area contributed by atoms with Crippen molar-refractivity contribution >= 4 is 17.7 Å². The number of ether oxygens (including phenoxy) is 1. The lowest BCUT2D eigenvalue weighted by atomic mass is 10.2. The lowest BCUT2D eigenvalue weighted by Crippen LogP contribution is -2.40. The van der Waals surface area contributed by atoms with E-state index < -0.39 is 18.8 Å². The van der Waals surface area contributed by atoms with Gasteiger partial charge >= 0.3 is 6.18 Å². The maximum atomic E-state index is 12.1. The van der Waals surface area contributed by atoms with E-state index in [0.717, 1.165) is 5.75 Å². The molecule has 1 aromatic carbocycles. The van der Waals surface area contributed by atoms with Gasteiger partial charge in [0.2, 0.25) is 5.91 Å². The Hall–Kier alpha value is -1.41. The molecule has 0 saturated heterocycles. The van der Waals surface area contributed by atoms with Crippen molar-refractivity contribution in [2.75, 3.05) is 18.6 Å². The van der Waals surface area contributed by atoms with Gasteiger partial charge < -0.3 is 15.8 Å². The van der Waals surface area contributed by atoms with Crippen LogP contribution in [0.2, 0.25) is 0 Å². The third kappa shape index (κ3) is 7.56. The van der Waals surface area contributed by atoms with E-state index >= 15 is 0 Å². The second-order valence-electron chi connectivity index (χ2n) is 4.66. The van der Waals surface area contributed by atoms with Gasteiger partial charge in [0, 0.05) is 6.54 Å². The van der Waals surface area contributed by atoms with Crippen LogP contribution in [0.15, 0.2) is 24.3 Å². The summed E-state index contributed by atoms with van der Waals surface area (Å²) in [7, 11) is 0. The van der Waals surface area contributed by atoms with Crippen LogP contribution >= 0.6 is 11.8 Å². The Balaban J connectivity index is 2.47. The fourth-order valence-electron chi connectivity index (χ4n) is 1.61. The summed E-state index contributed by atoms with van der Waals surface area (Å²) >= 11 is 1.60. The van der Waals surface area contributed by atoms with Crippen LogP contribution in [0.5, 0.6) is 5.75 Å². The molecule has 8 heteroatoms. The van der Waals surface area contributed by atoms with E-state index in [2.05, 4.69) is 10.1 Å². The molecule has 0 fully saturated rings. The van der Waals surface area contributed by atoms with Crippen LogP contribution in [0.3, 0.4) is 0 Å². The van der Waals surface area contributed by atoms with Gasteiger partial charge in [-0.05, 0) is 36.1 Å². The molecule has 0 aliphatic carbocycles. The van der Waals surface area contributed by atoms with E-state index in [1.807, 2.05) is 6.26 Å². The Morgan fingerprint density at radius 2 is 2.18 bits per heavy atom. The topological polar surface area (TPSA) is 64.4 Å². The monoisotopic (exact) mass is 336 g/mol. The van der Waals surface area contributed by atoms with Gasteiger partial charge in [-0.2, -0.15) is 24.9 Å². The second kappa shape index (κ2) is 8.89. The Morgan fingerprint density at radius 1 is 1.45 bits per heavy atom. The lowest BCUT2D eigenvalue weighted by molar-refractivity contribution is -0.153. The Bertz CT molecular complexity index is 483. The van der Waals surface area contributed by atoms with Crippen molar-refractivity contribution in [3.63, 3.8) is 0 Å². The number of hydrogen-bond acceptors (Lipinski definition) is 4. The lowest BCUT2D eigenvalue weighted by Gasteiger charge is -2.13. The van der Waals surface area contributed by atoms with E-state index in [4.69, 9.17) is 5.73 Å². The second-order valence-corrected chi connectivity index (χ2v) is 5.64. The molecule has 1 atom stereocenters. The van der Waals surface area contributed by atoms with Gasteiger partial charge in [-0.1, -0.05) is 12.1 Å². The summed E-state index contributed by atoms with van der Waals surface area (Å²) < 4.78 is 40.9. The molecule has 4 nitrogen and oxygen atoms in total. The standard InChI is InChI=1S/C14H19F3N2O2S/c1-22-6-5-12(18)13(20)19-8-10-3-2-4-11(7-10)21-9-14(15,16)17/h2-4,7,12H,5-6,8-9,18H2,1H3,(H,19,20). The number of rotatable bonds is 8. The Morgan fingerprint density at radius 3 is 2.82 bits per heavy atom. The predicted molar refractivity (Wildman–Crippen MR) is 80.8 cm³/mol. The number of alkyl halides is 3. The number of nitrogens with two attached hydrogens (primary N) is 1. The van der Waals surface area contributed by atoms with Crippen LogP contribution in [-0.4, -0.2) is 36.7 Å². The number of carbonyl (C=O) groups is 1. The van der Waals surface area contributed by atoms with Crippen molar-refractivity contribution in [3.8, 4) is 5.75 Å². The van der Waals surface area contributed by atoms with Crippen LogP contribution in [0.25, 0.3) is 0 Å². The van der Waals surface area contributed by atoms with Gasteiger partial charge in [-0.15, -0.1) is 0 Å². The minimum absolute atomic E-state index is 0.107.